The molecule has 0 bridgehead atoms. The van der Waals surface area contributed by atoms with Crippen LogP contribution in [0.3, 0.4) is 0 Å². The van der Waals surface area contributed by atoms with E-state index in [0.717, 1.165) is 37.7 Å². The minimum Gasteiger partial charge on any atom is -0.485 e. The molecule has 0 spiro atoms. The van der Waals surface area contributed by atoms with Gasteiger partial charge in [-0.15, -0.1) is 10.2 Å². The fourth-order valence-electron chi connectivity index (χ4n) is 2.56. The Balaban J connectivity index is 1.45. The molecule has 1 aromatic heterocycles. The molecule has 1 fully saturated rings. The Labute approximate surface area is 124 Å². The number of hydrogen-bond acceptors (Lipinski definition) is 5. The van der Waals surface area contributed by atoms with Crippen molar-refractivity contribution in [1.29, 1.82) is 0 Å². The summed E-state index contributed by atoms with van der Waals surface area (Å²) in [5, 5.41) is 15.9. The monoisotopic (exact) mass is 287 g/mol. The highest BCUT2D eigenvalue weighted by Gasteiger charge is 2.13. The summed E-state index contributed by atoms with van der Waals surface area (Å²) in [6, 6.07) is 9.68. The number of aromatic nitrogens is 4. The minimum atomic E-state index is 0.358. The van der Waals surface area contributed by atoms with Gasteiger partial charge in [-0.05, 0) is 55.6 Å². The molecule has 1 N–H and O–H groups in total. The van der Waals surface area contributed by atoms with Gasteiger partial charge in [0.05, 0.1) is 6.54 Å². The zero-order valence-electron chi connectivity index (χ0n) is 12.1. The van der Waals surface area contributed by atoms with Gasteiger partial charge in [0.15, 0.2) is 6.61 Å². The standard InChI is InChI=1S/C15H21N5O/c1-2-4-14(5-3-1)21-12-15-17-19-20(18-15)11-8-13-6-9-16-10-7-13/h1-5,13,16H,6-12H2. The quantitative estimate of drug-likeness (QED) is 0.875. The molecular weight excluding hydrogens is 266 g/mol. The van der Waals surface area contributed by atoms with Gasteiger partial charge in [-0.2, -0.15) is 4.80 Å². The van der Waals surface area contributed by atoms with E-state index < -0.39 is 0 Å². The average molecular weight is 287 g/mol. The second kappa shape index (κ2) is 7.17. The fraction of sp³-hybridized carbons (Fsp3) is 0.533. The van der Waals surface area contributed by atoms with Gasteiger partial charge in [-0.25, -0.2) is 0 Å². The summed E-state index contributed by atoms with van der Waals surface area (Å²) in [6.07, 6.45) is 3.62. The fourth-order valence-corrected chi connectivity index (χ4v) is 2.56. The number of nitrogens with zero attached hydrogens (tertiary/aromatic N) is 4. The summed E-state index contributed by atoms with van der Waals surface area (Å²) in [7, 11) is 0. The number of nitrogens with one attached hydrogen (secondary N) is 1. The summed E-state index contributed by atoms with van der Waals surface area (Å²) >= 11 is 0. The van der Waals surface area contributed by atoms with Crippen molar-refractivity contribution in [2.24, 2.45) is 5.92 Å². The lowest BCUT2D eigenvalue weighted by atomic mass is 9.95. The Bertz CT molecular complexity index is 536. The van der Waals surface area contributed by atoms with E-state index in [1.165, 1.54) is 12.8 Å². The van der Waals surface area contributed by atoms with Crippen LogP contribution in [0.25, 0.3) is 0 Å². The van der Waals surface area contributed by atoms with Gasteiger partial charge < -0.3 is 10.1 Å². The molecule has 0 atom stereocenters. The van der Waals surface area contributed by atoms with Crippen molar-refractivity contribution in [2.45, 2.75) is 32.4 Å². The summed E-state index contributed by atoms with van der Waals surface area (Å²) in [5.74, 6) is 2.23. The van der Waals surface area contributed by atoms with Crippen molar-refractivity contribution >= 4 is 0 Å². The normalized spacial score (nSPS) is 16.0. The van der Waals surface area contributed by atoms with Crippen molar-refractivity contribution in [2.75, 3.05) is 13.1 Å². The van der Waals surface area contributed by atoms with Crippen molar-refractivity contribution in [3.05, 3.63) is 36.2 Å². The zero-order chi connectivity index (χ0) is 14.3. The van der Waals surface area contributed by atoms with Gasteiger partial charge in [0.25, 0.3) is 0 Å². The first-order chi connectivity index (χ1) is 10.4. The van der Waals surface area contributed by atoms with Crippen LogP contribution in [0.5, 0.6) is 5.75 Å². The van der Waals surface area contributed by atoms with Crippen molar-refractivity contribution < 1.29 is 4.74 Å². The van der Waals surface area contributed by atoms with E-state index >= 15 is 0 Å². The Morgan fingerprint density at radius 3 is 2.81 bits per heavy atom. The lowest BCUT2D eigenvalue weighted by Crippen LogP contribution is -2.28. The maximum atomic E-state index is 5.61. The van der Waals surface area contributed by atoms with Crippen molar-refractivity contribution in [3.8, 4) is 5.75 Å². The molecule has 1 aliphatic rings. The van der Waals surface area contributed by atoms with Crippen LogP contribution in [-0.2, 0) is 13.2 Å². The predicted molar refractivity (Wildman–Crippen MR) is 78.8 cm³/mol. The summed E-state index contributed by atoms with van der Waals surface area (Å²) in [6.45, 7) is 3.46. The van der Waals surface area contributed by atoms with E-state index in [9.17, 15) is 0 Å². The van der Waals surface area contributed by atoms with Crippen molar-refractivity contribution in [3.63, 3.8) is 0 Å². The summed E-state index contributed by atoms with van der Waals surface area (Å²) < 4.78 is 5.61. The minimum absolute atomic E-state index is 0.358. The highest BCUT2D eigenvalue weighted by Crippen LogP contribution is 2.16. The van der Waals surface area contributed by atoms with Gasteiger partial charge in [0, 0.05) is 0 Å². The van der Waals surface area contributed by atoms with E-state index in [2.05, 4.69) is 20.7 Å². The van der Waals surface area contributed by atoms with Crippen LogP contribution in [0, 0.1) is 5.92 Å². The number of para-hydroxylation sites is 1. The average Bonchev–Trinajstić information content (AvgIpc) is 3.01. The smallest absolute Gasteiger partial charge is 0.212 e. The van der Waals surface area contributed by atoms with E-state index in [1.807, 2.05) is 30.3 Å². The third-order valence-electron chi connectivity index (χ3n) is 3.80. The Morgan fingerprint density at radius 1 is 1.19 bits per heavy atom. The lowest BCUT2D eigenvalue weighted by molar-refractivity contribution is 0.293. The third kappa shape index (κ3) is 4.26. The molecule has 1 aromatic carbocycles. The van der Waals surface area contributed by atoms with Crippen LogP contribution in [0.1, 0.15) is 25.1 Å². The van der Waals surface area contributed by atoms with E-state index in [0.29, 0.717) is 12.4 Å². The lowest BCUT2D eigenvalue weighted by Gasteiger charge is -2.21. The van der Waals surface area contributed by atoms with Crippen LogP contribution in [0.15, 0.2) is 30.3 Å². The Morgan fingerprint density at radius 2 is 2.00 bits per heavy atom. The number of ether oxygens (including phenoxy) is 1. The topological polar surface area (TPSA) is 64.9 Å². The molecule has 6 nitrogen and oxygen atoms in total. The van der Waals surface area contributed by atoms with Crippen molar-refractivity contribution in [1.82, 2.24) is 25.5 Å². The molecule has 6 heteroatoms. The van der Waals surface area contributed by atoms with Crippen LogP contribution in [-0.4, -0.2) is 33.3 Å². The van der Waals surface area contributed by atoms with Crippen LogP contribution in [0.2, 0.25) is 0 Å². The first-order valence-electron chi connectivity index (χ1n) is 7.55. The zero-order valence-corrected chi connectivity index (χ0v) is 12.1. The largest absolute Gasteiger partial charge is 0.485 e. The number of tetrazole rings is 1. The molecule has 112 valence electrons. The van der Waals surface area contributed by atoms with Gasteiger partial charge in [-0.1, -0.05) is 18.2 Å². The second-order valence-electron chi connectivity index (χ2n) is 5.39. The molecule has 1 saturated heterocycles. The highest BCUT2D eigenvalue weighted by atomic mass is 16.5. The van der Waals surface area contributed by atoms with E-state index in [1.54, 1.807) is 4.80 Å². The van der Waals surface area contributed by atoms with Gasteiger partial charge in [0.1, 0.15) is 5.75 Å². The molecule has 0 radical (unpaired) electrons. The predicted octanol–water partition coefficient (Wildman–Crippen LogP) is 1.64. The molecule has 2 heterocycles. The molecule has 0 saturated carbocycles. The Hall–Kier alpha value is -1.95. The number of hydrogen-bond donors (Lipinski definition) is 1. The molecule has 3 rings (SSSR count). The molecule has 0 amide bonds. The van der Waals surface area contributed by atoms with Crippen LogP contribution >= 0.6 is 0 Å². The molecule has 21 heavy (non-hydrogen) atoms. The molecule has 2 aromatic rings. The first kappa shape index (κ1) is 14.0. The number of piperidine rings is 1. The van der Waals surface area contributed by atoms with Gasteiger partial charge in [0.2, 0.25) is 5.82 Å². The van der Waals surface area contributed by atoms with Crippen LogP contribution < -0.4 is 10.1 Å². The van der Waals surface area contributed by atoms with E-state index in [-0.39, 0.29) is 0 Å². The highest BCUT2D eigenvalue weighted by molar-refractivity contribution is 5.20. The molecule has 1 aliphatic heterocycles. The summed E-state index contributed by atoms with van der Waals surface area (Å²) in [5.41, 5.74) is 0. The number of aryl methyl sites for hydroxylation is 1. The Kier molecular flexibility index (Phi) is 4.78. The maximum absolute atomic E-state index is 5.61. The summed E-state index contributed by atoms with van der Waals surface area (Å²) in [4.78, 5) is 1.69. The molecular formula is C15H21N5O. The molecule has 0 unspecified atom stereocenters. The maximum Gasteiger partial charge on any atom is 0.212 e. The molecule has 0 aliphatic carbocycles. The third-order valence-corrected chi connectivity index (χ3v) is 3.80. The second-order valence-corrected chi connectivity index (χ2v) is 5.39. The first-order valence-corrected chi connectivity index (χ1v) is 7.55. The van der Waals surface area contributed by atoms with Gasteiger partial charge in [-0.3, -0.25) is 0 Å². The van der Waals surface area contributed by atoms with Crippen LogP contribution in [0.4, 0.5) is 0 Å². The van der Waals surface area contributed by atoms with Gasteiger partial charge >= 0.3 is 0 Å². The van der Waals surface area contributed by atoms with E-state index in [4.69, 9.17) is 4.74 Å². The number of rotatable bonds is 6. The SMILES string of the molecule is c1ccc(OCc2nnn(CCC3CCNCC3)n2)cc1. The number of benzene rings is 1.